The third kappa shape index (κ3) is 26.7. The van der Waals surface area contributed by atoms with Crippen molar-refractivity contribution in [1.82, 2.24) is 75.7 Å². The number of hydrogen-bond acceptors (Lipinski definition) is 25. The van der Waals surface area contributed by atoms with E-state index in [1.165, 1.54) is 82.1 Å². The van der Waals surface area contributed by atoms with Gasteiger partial charge in [-0.3, -0.25) is 52.5 Å². The molecule has 0 aliphatic heterocycles. The number of sulfonamides is 2. The minimum Gasteiger partial charge on any atom is -0.480 e. The number of amides is 7. The van der Waals surface area contributed by atoms with Gasteiger partial charge in [-0.1, -0.05) is 47.5 Å². The molecule has 0 radical (unpaired) electrons. The molecule has 0 saturated heterocycles. The highest BCUT2D eigenvalue weighted by Gasteiger charge is 2.36. The number of fused-ring (bicyclic) bond motifs is 2. The highest BCUT2D eigenvalue weighted by Crippen LogP contribution is 2.33. The first-order valence-electron chi connectivity index (χ1n) is 36.8. The Kier molecular flexibility index (Phi) is 31.0. The van der Waals surface area contributed by atoms with E-state index in [1.54, 1.807) is 74.8 Å². The van der Waals surface area contributed by atoms with Gasteiger partial charge in [-0.2, -0.15) is 17.9 Å². The summed E-state index contributed by atoms with van der Waals surface area (Å²) in [4.78, 5) is 164. The van der Waals surface area contributed by atoms with Crippen LogP contribution in [0.3, 0.4) is 0 Å². The summed E-state index contributed by atoms with van der Waals surface area (Å²) in [6.45, 7) is 11.7. The largest absolute Gasteiger partial charge is 0.480 e. The predicted octanol–water partition coefficient (Wildman–Crippen LogP) is 2.63. The molecular formula is C74H95N17O24S4. The van der Waals surface area contributed by atoms with E-state index in [-0.39, 0.29) is 83.7 Å². The maximum Gasteiger partial charge on any atom is 0.408 e. The zero-order valence-corrected chi connectivity index (χ0v) is 69.2. The van der Waals surface area contributed by atoms with Crippen molar-refractivity contribution in [2.45, 2.75) is 160 Å². The summed E-state index contributed by atoms with van der Waals surface area (Å²) in [7, 11) is -18.8. The normalized spacial score (nSPS) is 13.4. The fraction of sp³-hybridized carbons (Fsp3) is 0.392. The van der Waals surface area contributed by atoms with Crippen molar-refractivity contribution >= 4 is 128 Å². The Morgan fingerprint density at radius 1 is 0.521 bits per heavy atom. The van der Waals surface area contributed by atoms with E-state index in [4.69, 9.17) is 4.74 Å². The second kappa shape index (κ2) is 39.7. The molecule has 119 heavy (non-hydrogen) atoms. The molecule has 5 atom stereocenters. The molecule has 41 nitrogen and oxygen atoms in total. The van der Waals surface area contributed by atoms with Crippen LogP contribution in [0.5, 0.6) is 0 Å². The molecule has 0 aliphatic carbocycles. The van der Waals surface area contributed by atoms with Crippen molar-refractivity contribution in [2.75, 3.05) is 48.3 Å². The average molecular weight is 1730 g/mol. The number of imidazole rings is 2. The fourth-order valence-corrected chi connectivity index (χ4v) is 17.6. The van der Waals surface area contributed by atoms with Crippen molar-refractivity contribution in [3.05, 3.63) is 174 Å². The van der Waals surface area contributed by atoms with Gasteiger partial charge in [-0.15, -0.1) is 0 Å². The van der Waals surface area contributed by atoms with Crippen LogP contribution in [0, 0.1) is 41.5 Å². The Morgan fingerprint density at radius 2 is 0.933 bits per heavy atom. The average Bonchev–Trinajstić information content (AvgIpc) is 1.09. The highest BCUT2D eigenvalue weighted by molar-refractivity contribution is 8.19. The number of carboxylic acid groups (broad SMARTS) is 2. The van der Waals surface area contributed by atoms with E-state index in [0.29, 0.717) is 45.3 Å². The molecule has 0 saturated carbocycles. The topological polar surface area (TPSA) is 620 Å². The SMILES string of the molecule is Cc1cc(C)c(S(=O)(=O)N[C@@H](CNC(=O)c2cn(CCCNC(=O)[C@H](CS(O)(O)O)NC(=O)CC[C@H](NC(=O)OC(C)(C)C)C(=O)N[C@@H](CS(=O)(=O)O)C(=O)NCCCn3cc(C(=O)NC[C@H](NS(=O)(=O)c4c(C)cc(C)cc4C)C(=O)O)c(=O)c4ccc(CNc5ncc[nH]5)cc43)c3cc(CNc4ncc[nH]4)ccc3c2=O)C(=O)O)c(C)c1. The van der Waals surface area contributed by atoms with Gasteiger partial charge in [0, 0.05) is 107 Å². The monoisotopic (exact) mass is 1730 g/mol. The first-order valence-corrected chi connectivity index (χ1v) is 43.0. The number of hydrogen-bond donors (Lipinski definition) is 19. The number of ether oxygens (including phenoxy) is 1. The van der Waals surface area contributed by atoms with Gasteiger partial charge in [0.2, 0.25) is 54.5 Å². The number of carbonyl (C=O) groups excluding carboxylic acids is 7. The zero-order chi connectivity index (χ0) is 87.8. The van der Waals surface area contributed by atoms with Gasteiger partial charge >= 0.3 is 18.0 Å². The van der Waals surface area contributed by atoms with E-state index in [1.807, 2.05) is 0 Å². The summed E-state index contributed by atoms with van der Waals surface area (Å²) in [5.41, 5.74) is 0.634. The van der Waals surface area contributed by atoms with E-state index in [0.717, 1.165) is 23.5 Å². The molecule has 8 rings (SSSR count). The Balaban J connectivity index is 0.946. The molecule has 4 aromatic heterocycles. The molecule has 0 fully saturated rings. The Labute approximate surface area is 683 Å². The van der Waals surface area contributed by atoms with Gasteiger partial charge in [0.1, 0.15) is 52.7 Å². The number of benzene rings is 4. The Bertz CT molecular complexity index is 5590. The number of pyridine rings is 2. The lowest BCUT2D eigenvalue weighted by molar-refractivity contribution is -0.139. The van der Waals surface area contributed by atoms with Crippen LogP contribution < -0.4 is 68.2 Å². The van der Waals surface area contributed by atoms with Crippen LogP contribution in [0.15, 0.2) is 117 Å². The van der Waals surface area contributed by atoms with Crippen LogP contribution in [-0.2, 0) is 89.8 Å². The molecule has 644 valence electrons. The van der Waals surface area contributed by atoms with E-state index < -0.39 is 190 Å². The highest BCUT2D eigenvalue weighted by atomic mass is 32.3. The van der Waals surface area contributed by atoms with Crippen molar-refractivity contribution in [3.8, 4) is 0 Å². The van der Waals surface area contributed by atoms with Crippen molar-refractivity contribution in [3.63, 3.8) is 0 Å². The van der Waals surface area contributed by atoms with Crippen LogP contribution >= 0.6 is 10.9 Å². The molecule has 4 heterocycles. The maximum atomic E-state index is 14.3. The predicted molar refractivity (Wildman–Crippen MR) is 436 cm³/mol. The maximum absolute atomic E-state index is 14.3. The number of nitrogens with one attached hydrogen (secondary N) is 13. The quantitative estimate of drug-likeness (QED) is 0.0193. The van der Waals surface area contributed by atoms with E-state index in [2.05, 4.69) is 77.2 Å². The fourth-order valence-electron chi connectivity index (χ4n) is 13.0. The summed E-state index contributed by atoms with van der Waals surface area (Å²) in [6, 6.07) is 5.75. The summed E-state index contributed by atoms with van der Waals surface area (Å²) in [6.07, 6.45) is 5.44. The van der Waals surface area contributed by atoms with Gasteiger partial charge in [0.15, 0.2) is 11.9 Å². The number of nitrogens with zero attached hydrogens (tertiary/aromatic N) is 4. The lowest BCUT2D eigenvalue weighted by atomic mass is 10.1. The molecule has 0 spiro atoms. The minimum absolute atomic E-state index is 0.00429. The van der Waals surface area contributed by atoms with Gasteiger partial charge in [0.05, 0.1) is 37.4 Å². The number of anilines is 2. The van der Waals surface area contributed by atoms with Crippen LogP contribution in [-0.4, -0.2) is 210 Å². The Morgan fingerprint density at radius 3 is 1.30 bits per heavy atom. The summed E-state index contributed by atoms with van der Waals surface area (Å²) in [5, 5.41) is 42.6. The van der Waals surface area contributed by atoms with Crippen molar-refractivity contribution in [2.24, 2.45) is 0 Å². The number of carbonyl (C=O) groups is 9. The minimum atomic E-state index is -5.16. The van der Waals surface area contributed by atoms with Gasteiger partial charge in [0.25, 0.3) is 21.9 Å². The smallest absolute Gasteiger partial charge is 0.408 e. The summed E-state index contributed by atoms with van der Waals surface area (Å²) < 4.78 is 133. The number of aromatic nitrogens is 6. The molecule has 0 unspecified atom stereocenters. The first-order chi connectivity index (χ1) is 55.7. The third-order valence-electron chi connectivity index (χ3n) is 18.0. The standard InChI is InChI=1S/C74H95N17O24S4/c1-40-26-42(3)62(43(4)27-40)118(111,112)88-53(69(100)101)34-81-64(95)50-36-90(57-30-46(12-14-48(57)60(50)93)32-83-71-77-20-21-78-71)24-10-18-75-66(97)55(38-116(105,106)107)85-59(92)17-16-52(87-73(104)115-74(7,8)9)68(99)86-56(39-117(108,109)110)67(98)76-19-11-25-91-37-51(61(94)49-15-13-47(31-58(49)91)33-84-72-79-22-23-80-72)65(96)82-35-54(70(102)103)89-119(113,114)63-44(5)28-41(2)29-45(63)6/h12-15,20-23,26-31,36-37,52-56,88-89,105-107H,10-11,16-19,24-25,32-35,38-39H2,1-9H3,(H,75,97)(H,76,98)(H,81,95)(H,82,96)(H,85,92)(H,86,99)(H,87,104)(H,100,101)(H,102,103)(H2,77,78,83)(H2,79,80,84)(H,108,109,110)/t52-,53-,54-,55-,56-/m0/s1. The number of H-pyrrole nitrogens is 2. The van der Waals surface area contributed by atoms with Crippen LogP contribution in [0.25, 0.3) is 21.8 Å². The van der Waals surface area contributed by atoms with Crippen LogP contribution in [0.2, 0.25) is 0 Å². The molecule has 0 aliphatic rings. The Hall–Kier alpha value is -11.7. The lowest BCUT2D eigenvalue weighted by Gasteiger charge is -2.27. The molecular weight excluding hydrogens is 1640 g/mol. The third-order valence-corrected chi connectivity index (χ3v) is 23.1. The summed E-state index contributed by atoms with van der Waals surface area (Å²) in [5.74, 6) is -12.3. The summed E-state index contributed by atoms with van der Waals surface area (Å²) >= 11 is 0. The zero-order valence-electron chi connectivity index (χ0n) is 66.0. The van der Waals surface area contributed by atoms with E-state index >= 15 is 0 Å². The van der Waals surface area contributed by atoms with Crippen LogP contribution in [0.1, 0.15) is 112 Å². The molecule has 0 bridgehead atoms. The number of carboxylic acids is 2. The molecule has 19 N–H and O–H groups in total. The van der Waals surface area contributed by atoms with Crippen LogP contribution in [0.4, 0.5) is 16.7 Å². The molecule has 45 heteroatoms. The van der Waals surface area contributed by atoms with E-state index in [9.17, 15) is 106 Å². The number of aliphatic carboxylic acids is 2. The number of rotatable bonds is 41. The first kappa shape index (κ1) is 92.8. The van der Waals surface area contributed by atoms with Gasteiger partial charge in [-0.05, 0) is 139 Å². The second-order valence-electron chi connectivity index (χ2n) is 29.1. The second-order valence-corrected chi connectivity index (χ2v) is 35.5. The number of alkyl carbamates (subject to hydrolysis) is 1. The van der Waals surface area contributed by atoms with Gasteiger partial charge < -0.3 is 95.6 Å². The lowest BCUT2D eigenvalue weighted by Crippen LogP contribution is -2.56. The number of aryl methyl sites for hydroxylation is 8. The number of aromatic amines is 2. The van der Waals surface area contributed by atoms with Crippen molar-refractivity contribution in [1.29, 1.82) is 0 Å². The van der Waals surface area contributed by atoms with Crippen molar-refractivity contribution < 1.29 is 102 Å². The molecule has 4 aromatic carbocycles. The van der Waals surface area contributed by atoms with Gasteiger partial charge in [-0.25, -0.2) is 31.6 Å². The molecule has 7 amide bonds. The molecule has 8 aromatic rings.